The van der Waals surface area contributed by atoms with Gasteiger partial charge in [-0.3, -0.25) is 0 Å². The van der Waals surface area contributed by atoms with Crippen molar-refractivity contribution in [3.05, 3.63) is 12.2 Å². The first-order chi connectivity index (χ1) is 8.93. The maximum Gasteiger partial charge on any atom is 0.133 e. The minimum absolute atomic E-state index is 0.672. The zero-order valence-corrected chi connectivity index (χ0v) is 11.1. The molecule has 18 heavy (non-hydrogen) atoms. The molecule has 0 bridgehead atoms. The second-order valence-corrected chi connectivity index (χ2v) is 5.84. The minimum atomic E-state index is 0.672. The van der Waals surface area contributed by atoms with Gasteiger partial charge < -0.3 is 9.88 Å². The molecule has 0 spiro atoms. The maximum atomic E-state index is 4.38. The van der Waals surface area contributed by atoms with E-state index >= 15 is 0 Å². The highest BCUT2D eigenvalue weighted by Crippen LogP contribution is 2.29. The van der Waals surface area contributed by atoms with E-state index in [0.29, 0.717) is 6.04 Å². The molecule has 0 unspecified atom stereocenters. The quantitative estimate of drug-likeness (QED) is 0.892. The van der Waals surface area contributed by atoms with Crippen LogP contribution in [0.25, 0.3) is 0 Å². The number of nitrogens with one attached hydrogen (secondary N) is 1. The Morgan fingerprint density at radius 3 is 2.67 bits per heavy atom. The summed E-state index contributed by atoms with van der Waals surface area (Å²) < 4.78 is 2.38. The number of nitrogens with zero attached hydrogens (tertiary/aromatic N) is 3. The van der Waals surface area contributed by atoms with E-state index in [9.17, 15) is 0 Å². The van der Waals surface area contributed by atoms with Gasteiger partial charge in [0.25, 0.3) is 0 Å². The molecule has 1 aromatic heterocycles. The van der Waals surface area contributed by atoms with Crippen molar-refractivity contribution in [1.29, 1.82) is 0 Å². The minimum Gasteiger partial charge on any atom is -0.317 e. The normalized spacial score (nSPS) is 23.3. The Morgan fingerprint density at radius 2 is 1.89 bits per heavy atom. The number of hydrogen-bond donors (Lipinski definition) is 1. The lowest BCUT2D eigenvalue weighted by Crippen LogP contribution is -2.29. The number of hydrogen-bond acceptors (Lipinski definition) is 3. The average Bonchev–Trinajstić information content (AvgIpc) is 2.89. The lowest BCUT2D eigenvalue weighted by molar-refractivity contribution is 0.325. The summed E-state index contributed by atoms with van der Waals surface area (Å²) in [6.07, 6.45) is 12.4. The van der Waals surface area contributed by atoms with E-state index in [1.54, 1.807) is 0 Å². The predicted octanol–water partition coefficient (Wildman–Crippen LogP) is 2.33. The summed E-state index contributed by atoms with van der Waals surface area (Å²) in [5.41, 5.74) is 0. The van der Waals surface area contributed by atoms with Crippen LogP contribution in [-0.4, -0.2) is 27.9 Å². The SMILES string of the molecule is c1nnc(CC2CCNCC2)n1C1CCCCC1. The fourth-order valence-corrected chi connectivity index (χ4v) is 3.42. The Hall–Kier alpha value is -0.900. The van der Waals surface area contributed by atoms with Crippen molar-refractivity contribution >= 4 is 0 Å². The highest BCUT2D eigenvalue weighted by molar-refractivity contribution is 4.93. The first-order valence-electron chi connectivity index (χ1n) is 7.52. The highest BCUT2D eigenvalue weighted by atomic mass is 15.3. The third-order valence-corrected chi connectivity index (χ3v) is 4.55. The van der Waals surface area contributed by atoms with Crippen LogP contribution in [-0.2, 0) is 6.42 Å². The Labute approximate surface area is 109 Å². The van der Waals surface area contributed by atoms with Crippen molar-refractivity contribution in [2.75, 3.05) is 13.1 Å². The molecular formula is C14H24N4. The largest absolute Gasteiger partial charge is 0.317 e. The summed E-state index contributed by atoms with van der Waals surface area (Å²) >= 11 is 0. The van der Waals surface area contributed by atoms with Crippen molar-refractivity contribution in [1.82, 2.24) is 20.1 Å². The van der Waals surface area contributed by atoms with Crippen LogP contribution in [0.4, 0.5) is 0 Å². The van der Waals surface area contributed by atoms with Crippen LogP contribution in [0.2, 0.25) is 0 Å². The topological polar surface area (TPSA) is 42.7 Å². The summed E-state index contributed by atoms with van der Waals surface area (Å²) in [7, 11) is 0. The van der Waals surface area contributed by atoms with E-state index in [1.165, 1.54) is 63.9 Å². The molecular weight excluding hydrogens is 224 g/mol. The molecule has 1 saturated heterocycles. The molecule has 0 radical (unpaired) electrons. The molecule has 4 nitrogen and oxygen atoms in total. The Bertz CT molecular complexity index is 362. The molecule has 1 aliphatic carbocycles. The van der Waals surface area contributed by atoms with Crippen molar-refractivity contribution in [3.8, 4) is 0 Å². The zero-order chi connectivity index (χ0) is 12.2. The molecule has 100 valence electrons. The van der Waals surface area contributed by atoms with Crippen molar-refractivity contribution < 1.29 is 0 Å². The van der Waals surface area contributed by atoms with Crippen LogP contribution < -0.4 is 5.32 Å². The molecule has 4 heteroatoms. The molecule has 1 aliphatic heterocycles. The standard InChI is InChI=1S/C14H24N4/c1-2-4-13(5-3-1)18-11-16-17-14(18)10-12-6-8-15-9-7-12/h11-13,15H,1-10H2. The molecule has 0 aromatic carbocycles. The van der Waals surface area contributed by atoms with E-state index in [0.717, 1.165) is 12.3 Å². The highest BCUT2D eigenvalue weighted by Gasteiger charge is 2.21. The number of aromatic nitrogens is 3. The summed E-state index contributed by atoms with van der Waals surface area (Å²) in [5, 5.41) is 12.0. The van der Waals surface area contributed by atoms with Gasteiger partial charge in [-0.25, -0.2) is 0 Å². The molecule has 0 amide bonds. The van der Waals surface area contributed by atoms with Crippen LogP contribution in [0.15, 0.2) is 6.33 Å². The Balaban J connectivity index is 1.66. The van der Waals surface area contributed by atoms with E-state index in [4.69, 9.17) is 0 Å². The van der Waals surface area contributed by atoms with Crippen LogP contribution in [0.3, 0.4) is 0 Å². The van der Waals surface area contributed by atoms with Gasteiger partial charge in [0.2, 0.25) is 0 Å². The molecule has 3 rings (SSSR count). The van der Waals surface area contributed by atoms with Crippen LogP contribution in [0.5, 0.6) is 0 Å². The second-order valence-electron chi connectivity index (χ2n) is 5.84. The van der Waals surface area contributed by atoms with Crippen molar-refractivity contribution in [2.24, 2.45) is 5.92 Å². The smallest absolute Gasteiger partial charge is 0.133 e. The van der Waals surface area contributed by atoms with Crippen molar-refractivity contribution in [3.63, 3.8) is 0 Å². The van der Waals surface area contributed by atoms with Gasteiger partial charge >= 0.3 is 0 Å². The Kier molecular flexibility index (Phi) is 3.93. The van der Waals surface area contributed by atoms with Gasteiger partial charge in [-0.15, -0.1) is 10.2 Å². The number of piperidine rings is 1. The lowest BCUT2D eigenvalue weighted by Gasteiger charge is -2.26. The molecule has 1 saturated carbocycles. The third kappa shape index (κ3) is 2.74. The predicted molar refractivity (Wildman–Crippen MR) is 71.4 cm³/mol. The Morgan fingerprint density at radius 1 is 1.11 bits per heavy atom. The molecule has 0 atom stereocenters. The third-order valence-electron chi connectivity index (χ3n) is 4.55. The van der Waals surface area contributed by atoms with Gasteiger partial charge in [0, 0.05) is 12.5 Å². The fourth-order valence-electron chi connectivity index (χ4n) is 3.42. The first kappa shape index (κ1) is 12.2. The van der Waals surface area contributed by atoms with Gasteiger partial charge in [0.1, 0.15) is 12.2 Å². The summed E-state index contributed by atoms with van der Waals surface area (Å²) in [5.74, 6) is 2.03. The lowest BCUT2D eigenvalue weighted by atomic mass is 9.93. The van der Waals surface area contributed by atoms with E-state index < -0.39 is 0 Å². The first-order valence-corrected chi connectivity index (χ1v) is 7.52. The second kappa shape index (κ2) is 5.83. The summed E-state index contributed by atoms with van der Waals surface area (Å²) in [6.45, 7) is 2.34. The summed E-state index contributed by atoms with van der Waals surface area (Å²) in [4.78, 5) is 0. The van der Waals surface area contributed by atoms with Crippen LogP contribution in [0.1, 0.15) is 56.8 Å². The molecule has 2 heterocycles. The molecule has 1 N–H and O–H groups in total. The van der Waals surface area contributed by atoms with Gasteiger partial charge in [-0.2, -0.15) is 0 Å². The van der Waals surface area contributed by atoms with Gasteiger partial charge in [-0.05, 0) is 44.7 Å². The van der Waals surface area contributed by atoms with E-state index in [2.05, 4.69) is 20.1 Å². The fraction of sp³-hybridized carbons (Fsp3) is 0.857. The maximum absolute atomic E-state index is 4.38. The number of rotatable bonds is 3. The van der Waals surface area contributed by atoms with E-state index in [-0.39, 0.29) is 0 Å². The average molecular weight is 248 g/mol. The molecule has 2 aliphatic rings. The van der Waals surface area contributed by atoms with Gasteiger partial charge in [-0.1, -0.05) is 19.3 Å². The van der Waals surface area contributed by atoms with E-state index in [1.807, 2.05) is 6.33 Å². The molecule has 1 aromatic rings. The van der Waals surface area contributed by atoms with Gasteiger partial charge in [0.05, 0.1) is 0 Å². The molecule has 2 fully saturated rings. The van der Waals surface area contributed by atoms with Crippen LogP contribution in [0, 0.1) is 5.92 Å². The van der Waals surface area contributed by atoms with Gasteiger partial charge in [0.15, 0.2) is 0 Å². The van der Waals surface area contributed by atoms with Crippen LogP contribution >= 0.6 is 0 Å². The summed E-state index contributed by atoms with van der Waals surface area (Å²) in [6, 6.07) is 0.672. The zero-order valence-electron chi connectivity index (χ0n) is 11.1. The van der Waals surface area contributed by atoms with Crippen molar-refractivity contribution in [2.45, 2.75) is 57.4 Å². The monoisotopic (exact) mass is 248 g/mol.